The number of nitro groups is 1. The molecule has 0 aliphatic carbocycles. The summed E-state index contributed by atoms with van der Waals surface area (Å²) in [5.41, 5.74) is -0.958. The molecule has 0 aliphatic heterocycles. The van der Waals surface area contributed by atoms with E-state index in [-0.39, 0.29) is 0 Å². The summed E-state index contributed by atoms with van der Waals surface area (Å²) in [5, 5.41) is 19.9. The molecule has 1 aromatic carbocycles. The van der Waals surface area contributed by atoms with E-state index in [0.29, 0.717) is 6.42 Å². The van der Waals surface area contributed by atoms with Crippen molar-refractivity contribution < 1.29 is 27.6 Å². The summed E-state index contributed by atoms with van der Waals surface area (Å²) >= 11 is 0. The number of hydrogen-bond donors (Lipinski definition) is 2. The summed E-state index contributed by atoms with van der Waals surface area (Å²) in [6, 6.07) is 1.06. The third kappa shape index (κ3) is 3.77. The highest BCUT2D eigenvalue weighted by atomic mass is 32.2. The molecule has 0 unspecified atom stereocenters. The lowest BCUT2D eigenvalue weighted by Gasteiger charge is -2.20. The molecule has 0 amide bonds. The standard InChI is InChI=1S/C12H15FN2O6S/c1-3-7(2)10(12(16)17)14-22(20,21)11-8(13)5-4-6-9(11)15(18)19/h4-7,10,14H,3H2,1-2H3,(H,16,17)/t7-,10-/m0/s1. The minimum Gasteiger partial charge on any atom is -0.480 e. The van der Waals surface area contributed by atoms with E-state index in [1.807, 2.05) is 4.72 Å². The van der Waals surface area contributed by atoms with Crippen LogP contribution < -0.4 is 4.72 Å². The highest BCUT2D eigenvalue weighted by molar-refractivity contribution is 7.89. The third-order valence-electron chi connectivity index (χ3n) is 3.17. The summed E-state index contributed by atoms with van der Waals surface area (Å²) in [5.74, 6) is -3.36. The van der Waals surface area contributed by atoms with E-state index in [1.165, 1.54) is 6.92 Å². The van der Waals surface area contributed by atoms with Crippen LogP contribution in [0.1, 0.15) is 20.3 Å². The van der Waals surface area contributed by atoms with E-state index >= 15 is 0 Å². The van der Waals surface area contributed by atoms with Crippen LogP contribution in [0.4, 0.5) is 10.1 Å². The Labute approximate surface area is 126 Å². The van der Waals surface area contributed by atoms with E-state index in [9.17, 15) is 27.7 Å². The van der Waals surface area contributed by atoms with E-state index in [4.69, 9.17) is 5.11 Å². The monoisotopic (exact) mass is 334 g/mol. The maximum absolute atomic E-state index is 13.8. The van der Waals surface area contributed by atoms with E-state index in [2.05, 4.69) is 0 Å². The normalized spacial score (nSPS) is 14.3. The second kappa shape index (κ2) is 6.79. The quantitative estimate of drug-likeness (QED) is 0.575. The first-order valence-electron chi connectivity index (χ1n) is 6.29. The largest absolute Gasteiger partial charge is 0.480 e. The molecule has 0 saturated carbocycles. The molecule has 0 bridgehead atoms. The van der Waals surface area contributed by atoms with Gasteiger partial charge in [-0.2, -0.15) is 4.72 Å². The van der Waals surface area contributed by atoms with Crippen molar-refractivity contribution in [2.75, 3.05) is 0 Å². The molecule has 1 rings (SSSR count). The third-order valence-corrected chi connectivity index (χ3v) is 4.68. The van der Waals surface area contributed by atoms with Gasteiger partial charge in [0.05, 0.1) is 4.92 Å². The van der Waals surface area contributed by atoms with Crippen molar-refractivity contribution in [3.05, 3.63) is 34.1 Å². The Morgan fingerprint density at radius 3 is 2.55 bits per heavy atom. The van der Waals surface area contributed by atoms with Crippen molar-refractivity contribution in [3.8, 4) is 0 Å². The molecule has 10 heteroatoms. The fraction of sp³-hybridized carbons (Fsp3) is 0.417. The van der Waals surface area contributed by atoms with Crippen LogP contribution in [0.5, 0.6) is 0 Å². The molecule has 122 valence electrons. The van der Waals surface area contributed by atoms with Crippen molar-refractivity contribution in [3.63, 3.8) is 0 Å². The molecule has 22 heavy (non-hydrogen) atoms. The van der Waals surface area contributed by atoms with Crippen molar-refractivity contribution in [1.29, 1.82) is 0 Å². The predicted molar refractivity (Wildman–Crippen MR) is 74.3 cm³/mol. The van der Waals surface area contributed by atoms with Crippen LogP contribution in [-0.2, 0) is 14.8 Å². The second-order valence-corrected chi connectivity index (χ2v) is 6.32. The smallest absolute Gasteiger partial charge is 0.322 e. The van der Waals surface area contributed by atoms with Crippen molar-refractivity contribution in [2.45, 2.75) is 31.2 Å². The van der Waals surface area contributed by atoms with Crippen LogP contribution in [0.25, 0.3) is 0 Å². The molecule has 0 aliphatic rings. The van der Waals surface area contributed by atoms with Crippen LogP contribution >= 0.6 is 0 Å². The Balaban J connectivity index is 3.36. The molecule has 0 heterocycles. The molecular weight excluding hydrogens is 319 g/mol. The average Bonchev–Trinajstić information content (AvgIpc) is 2.43. The second-order valence-electron chi connectivity index (χ2n) is 4.67. The number of nitrogens with zero attached hydrogens (tertiary/aromatic N) is 1. The molecule has 0 spiro atoms. The number of halogens is 1. The fourth-order valence-corrected chi connectivity index (χ4v) is 3.31. The van der Waals surface area contributed by atoms with Gasteiger partial charge in [0.2, 0.25) is 0 Å². The number of carbonyl (C=O) groups is 1. The van der Waals surface area contributed by atoms with Crippen LogP contribution in [0.3, 0.4) is 0 Å². The number of rotatable bonds is 7. The molecular formula is C12H15FN2O6S. The minimum absolute atomic E-state index is 0.346. The first kappa shape index (κ1) is 18.0. The number of carboxylic acids is 1. The van der Waals surface area contributed by atoms with Gasteiger partial charge in [-0.1, -0.05) is 26.3 Å². The van der Waals surface area contributed by atoms with Gasteiger partial charge < -0.3 is 5.11 Å². The summed E-state index contributed by atoms with van der Waals surface area (Å²) in [6.45, 7) is 3.15. The van der Waals surface area contributed by atoms with Crippen LogP contribution in [0.2, 0.25) is 0 Å². The number of carboxylic acid groups (broad SMARTS) is 1. The van der Waals surface area contributed by atoms with Gasteiger partial charge >= 0.3 is 5.97 Å². The summed E-state index contributed by atoms with van der Waals surface area (Å²) in [4.78, 5) is 19.8. The van der Waals surface area contributed by atoms with Gasteiger partial charge in [-0.3, -0.25) is 14.9 Å². The number of sulfonamides is 1. The van der Waals surface area contributed by atoms with Crippen molar-refractivity contribution in [2.24, 2.45) is 5.92 Å². The maximum atomic E-state index is 13.8. The number of nitro benzene ring substituents is 1. The number of nitrogens with one attached hydrogen (secondary N) is 1. The Kier molecular flexibility index (Phi) is 5.55. The lowest BCUT2D eigenvalue weighted by atomic mass is 10.0. The highest BCUT2D eigenvalue weighted by Crippen LogP contribution is 2.27. The van der Waals surface area contributed by atoms with Gasteiger partial charge in [0.25, 0.3) is 15.7 Å². The lowest BCUT2D eigenvalue weighted by molar-refractivity contribution is -0.388. The molecule has 1 aromatic rings. The Morgan fingerprint density at radius 2 is 2.09 bits per heavy atom. The molecule has 0 saturated heterocycles. The zero-order valence-electron chi connectivity index (χ0n) is 11.8. The Morgan fingerprint density at radius 1 is 1.50 bits per heavy atom. The van der Waals surface area contributed by atoms with Crippen molar-refractivity contribution >= 4 is 21.7 Å². The van der Waals surface area contributed by atoms with Gasteiger partial charge in [-0.05, 0) is 12.0 Å². The molecule has 8 nitrogen and oxygen atoms in total. The molecule has 2 atom stereocenters. The van der Waals surface area contributed by atoms with Gasteiger partial charge in [-0.15, -0.1) is 0 Å². The number of hydrogen-bond acceptors (Lipinski definition) is 5. The zero-order valence-corrected chi connectivity index (χ0v) is 12.6. The average molecular weight is 334 g/mol. The highest BCUT2D eigenvalue weighted by Gasteiger charge is 2.35. The summed E-state index contributed by atoms with van der Waals surface area (Å²) in [7, 11) is -4.71. The number of benzene rings is 1. The first-order valence-corrected chi connectivity index (χ1v) is 7.78. The van der Waals surface area contributed by atoms with E-state index in [0.717, 1.165) is 18.2 Å². The molecule has 0 radical (unpaired) electrons. The predicted octanol–water partition coefficient (Wildman–Crippen LogP) is 1.51. The topological polar surface area (TPSA) is 127 Å². The van der Waals surface area contributed by atoms with Gasteiger partial charge in [-0.25, -0.2) is 12.8 Å². The van der Waals surface area contributed by atoms with Crippen LogP contribution in [0, 0.1) is 21.8 Å². The van der Waals surface area contributed by atoms with E-state index in [1.54, 1.807) is 6.92 Å². The zero-order chi connectivity index (χ0) is 17.1. The SMILES string of the molecule is CC[C@H](C)[C@H](NS(=O)(=O)c1c(F)cccc1[N+](=O)[O-])C(=O)O. The van der Waals surface area contributed by atoms with E-state index < -0.39 is 49.3 Å². The number of aliphatic carboxylic acids is 1. The summed E-state index contributed by atoms with van der Waals surface area (Å²) < 4.78 is 40.0. The van der Waals surface area contributed by atoms with Crippen LogP contribution in [0.15, 0.2) is 23.1 Å². The van der Waals surface area contributed by atoms with Gasteiger partial charge in [0.1, 0.15) is 11.9 Å². The summed E-state index contributed by atoms with van der Waals surface area (Å²) in [6.07, 6.45) is 0.346. The van der Waals surface area contributed by atoms with Gasteiger partial charge in [0.15, 0.2) is 4.90 Å². The fourth-order valence-electron chi connectivity index (χ4n) is 1.78. The van der Waals surface area contributed by atoms with Crippen molar-refractivity contribution in [1.82, 2.24) is 4.72 Å². The molecule has 2 N–H and O–H groups in total. The Bertz CT molecular complexity index is 691. The molecule has 0 aromatic heterocycles. The van der Waals surface area contributed by atoms with Gasteiger partial charge in [0, 0.05) is 6.07 Å². The first-order chi connectivity index (χ1) is 10.1. The minimum atomic E-state index is -4.71. The lowest BCUT2D eigenvalue weighted by Crippen LogP contribution is -2.45. The molecule has 0 fully saturated rings. The Hall–Kier alpha value is -2.07. The van der Waals surface area contributed by atoms with Crippen LogP contribution in [-0.4, -0.2) is 30.5 Å². The maximum Gasteiger partial charge on any atom is 0.322 e.